The van der Waals surface area contributed by atoms with Crippen molar-refractivity contribution in [1.82, 2.24) is 9.55 Å². The van der Waals surface area contributed by atoms with Crippen molar-refractivity contribution in [3.8, 4) is 0 Å². The van der Waals surface area contributed by atoms with Gasteiger partial charge in [-0.25, -0.2) is 13.8 Å². The number of halogens is 3. The highest BCUT2D eigenvalue weighted by molar-refractivity contribution is 8.00. The summed E-state index contributed by atoms with van der Waals surface area (Å²) in [5.74, 6) is -2.00. The number of carbonyl (C=O) groups is 1. The van der Waals surface area contributed by atoms with E-state index in [1.807, 2.05) is 0 Å². The van der Waals surface area contributed by atoms with Gasteiger partial charge in [-0.2, -0.15) is 0 Å². The molecule has 0 saturated carbocycles. The molecule has 2 aromatic heterocycles. The second-order valence-corrected chi connectivity index (χ2v) is 8.65. The number of fused-ring (bicyclic) bond motifs is 1. The molecule has 0 aliphatic heterocycles. The van der Waals surface area contributed by atoms with Crippen LogP contribution in [0.3, 0.4) is 0 Å². The fourth-order valence-electron chi connectivity index (χ4n) is 2.99. The zero-order valence-corrected chi connectivity index (χ0v) is 18.2. The van der Waals surface area contributed by atoms with E-state index in [4.69, 9.17) is 16.0 Å². The third-order valence-electron chi connectivity index (χ3n) is 4.61. The molecule has 0 fully saturated rings. The second kappa shape index (κ2) is 9.13. The summed E-state index contributed by atoms with van der Waals surface area (Å²) in [4.78, 5) is 30.3. The molecule has 4 rings (SSSR count). The van der Waals surface area contributed by atoms with E-state index in [-0.39, 0.29) is 22.9 Å². The van der Waals surface area contributed by atoms with Gasteiger partial charge < -0.3 is 9.73 Å². The highest BCUT2D eigenvalue weighted by Crippen LogP contribution is 2.26. The normalized spacial score (nSPS) is 12.1. The summed E-state index contributed by atoms with van der Waals surface area (Å²) < 4.78 is 33.3. The standard InChI is InChI=1S/C22H16ClF2N3O3S/c1-12(20(29)26-14-5-7-17(24)18(25)10-14)32-22-27-19-9-13(23)4-6-16(19)21(30)28(22)11-15-3-2-8-31-15/h2-10,12H,11H2,1H3,(H,26,29). The molecule has 0 aliphatic carbocycles. The van der Waals surface area contributed by atoms with Crippen LogP contribution in [-0.2, 0) is 11.3 Å². The van der Waals surface area contributed by atoms with E-state index in [1.165, 1.54) is 16.9 Å². The van der Waals surface area contributed by atoms with Crippen LogP contribution in [0.15, 0.2) is 69.2 Å². The number of hydrogen-bond donors (Lipinski definition) is 1. The van der Waals surface area contributed by atoms with Gasteiger partial charge in [0.2, 0.25) is 5.91 Å². The average Bonchev–Trinajstić information content (AvgIpc) is 3.26. The molecule has 0 bridgehead atoms. The first kappa shape index (κ1) is 22.0. The first-order valence-corrected chi connectivity index (χ1v) is 10.7. The number of amides is 1. The molecule has 1 unspecified atom stereocenters. The Kier molecular flexibility index (Phi) is 6.29. The number of rotatable bonds is 6. The first-order chi connectivity index (χ1) is 15.3. The lowest BCUT2D eigenvalue weighted by molar-refractivity contribution is -0.115. The summed E-state index contributed by atoms with van der Waals surface area (Å²) in [7, 11) is 0. The molecule has 10 heteroatoms. The molecular weight excluding hydrogens is 460 g/mol. The fourth-order valence-corrected chi connectivity index (χ4v) is 4.07. The Labute approximate surface area is 190 Å². The molecule has 0 radical (unpaired) electrons. The van der Waals surface area contributed by atoms with Crippen LogP contribution in [0.4, 0.5) is 14.5 Å². The Hall–Kier alpha value is -3.17. The van der Waals surface area contributed by atoms with Crippen molar-refractivity contribution in [2.75, 3.05) is 5.32 Å². The van der Waals surface area contributed by atoms with Crippen LogP contribution in [0.25, 0.3) is 10.9 Å². The second-order valence-electron chi connectivity index (χ2n) is 6.90. The highest BCUT2D eigenvalue weighted by Gasteiger charge is 2.21. The number of hydrogen-bond acceptors (Lipinski definition) is 5. The molecule has 164 valence electrons. The van der Waals surface area contributed by atoms with Gasteiger partial charge in [0.05, 0.1) is 29.0 Å². The molecule has 0 aliphatic rings. The smallest absolute Gasteiger partial charge is 0.262 e. The van der Waals surface area contributed by atoms with E-state index in [0.717, 1.165) is 23.9 Å². The number of thioether (sulfide) groups is 1. The van der Waals surface area contributed by atoms with Crippen LogP contribution in [0, 0.1) is 11.6 Å². The quantitative estimate of drug-likeness (QED) is 0.310. The van der Waals surface area contributed by atoms with Gasteiger partial charge >= 0.3 is 0 Å². The minimum atomic E-state index is -1.07. The molecule has 4 aromatic rings. The van der Waals surface area contributed by atoms with E-state index < -0.39 is 22.8 Å². The number of nitrogens with zero attached hydrogens (tertiary/aromatic N) is 2. The molecule has 2 aromatic carbocycles. The van der Waals surface area contributed by atoms with Gasteiger partial charge in [-0.05, 0) is 49.4 Å². The Morgan fingerprint density at radius 3 is 2.75 bits per heavy atom. The summed E-state index contributed by atoms with van der Waals surface area (Å²) in [6.45, 7) is 1.74. The SMILES string of the molecule is CC(Sc1nc2cc(Cl)ccc2c(=O)n1Cc1ccco1)C(=O)Nc1ccc(F)c(F)c1. The van der Waals surface area contributed by atoms with E-state index in [1.54, 1.807) is 37.3 Å². The topological polar surface area (TPSA) is 77.1 Å². The third-order valence-corrected chi connectivity index (χ3v) is 5.94. The Balaban J connectivity index is 1.66. The Morgan fingerprint density at radius 2 is 2.03 bits per heavy atom. The van der Waals surface area contributed by atoms with Gasteiger partial charge in [0.1, 0.15) is 5.76 Å². The predicted octanol–water partition coefficient (Wildman–Crippen LogP) is 5.09. The lowest BCUT2D eigenvalue weighted by Gasteiger charge is -2.16. The summed E-state index contributed by atoms with van der Waals surface area (Å²) in [6.07, 6.45) is 1.50. The van der Waals surface area contributed by atoms with E-state index >= 15 is 0 Å². The summed E-state index contributed by atoms with van der Waals surface area (Å²) in [6, 6.07) is 11.3. The van der Waals surface area contributed by atoms with Gasteiger partial charge in [0.25, 0.3) is 5.56 Å². The number of furan rings is 1. The van der Waals surface area contributed by atoms with Gasteiger partial charge in [0.15, 0.2) is 16.8 Å². The van der Waals surface area contributed by atoms with Crippen molar-refractivity contribution >= 4 is 45.9 Å². The number of carbonyl (C=O) groups excluding carboxylic acids is 1. The molecule has 0 saturated heterocycles. The lowest BCUT2D eigenvalue weighted by Crippen LogP contribution is -2.27. The number of benzene rings is 2. The van der Waals surface area contributed by atoms with Crippen LogP contribution >= 0.6 is 23.4 Å². The molecule has 1 amide bonds. The zero-order valence-electron chi connectivity index (χ0n) is 16.6. The van der Waals surface area contributed by atoms with Crippen molar-refractivity contribution in [2.24, 2.45) is 0 Å². The molecule has 0 spiro atoms. The van der Waals surface area contributed by atoms with Crippen molar-refractivity contribution < 1.29 is 18.0 Å². The van der Waals surface area contributed by atoms with Crippen molar-refractivity contribution in [1.29, 1.82) is 0 Å². The van der Waals surface area contributed by atoms with E-state index in [9.17, 15) is 18.4 Å². The van der Waals surface area contributed by atoms with Crippen LogP contribution < -0.4 is 10.9 Å². The maximum absolute atomic E-state index is 13.4. The number of nitrogens with one attached hydrogen (secondary N) is 1. The van der Waals surface area contributed by atoms with Crippen LogP contribution in [-0.4, -0.2) is 20.7 Å². The Bertz CT molecular complexity index is 1360. The third kappa shape index (κ3) is 4.68. The summed E-state index contributed by atoms with van der Waals surface area (Å²) in [5.41, 5.74) is 0.209. The number of anilines is 1. The van der Waals surface area contributed by atoms with Gasteiger partial charge in [-0.15, -0.1) is 0 Å². The van der Waals surface area contributed by atoms with E-state index in [0.29, 0.717) is 21.7 Å². The molecule has 6 nitrogen and oxygen atoms in total. The van der Waals surface area contributed by atoms with Gasteiger partial charge in [0, 0.05) is 16.8 Å². The van der Waals surface area contributed by atoms with Gasteiger partial charge in [-0.1, -0.05) is 23.4 Å². The largest absolute Gasteiger partial charge is 0.467 e. The Morgan fingerprint density at radius 1 is 1.22 bits per heavy atom. The minimum Gasteiger partial charge on any atom is -0.467 e. The lowest BCUT2D eigenvalue weighted by atomic mass is 10.2. The molecule has 1 atom stereocenters. The minimum absolute atomic E-state index is 0.118. The summed E-state index contributed by atoms with van der Waals surface area (Å²) >= 11 is 7.11. The van der Waals surface area contributed by atoms with E-state index in [2.05, 4.69) is 10.3 Å². The van der Waals surface area contributed by atoms with Crippen molar-refractivity contribution in [3.63, 3.8) is 0 Å². The molecule has 1 N–H and O–H groups in total. The molecule has 2 heterocycles. The van der Waals surface area contributed by atoms with Crippen LogP contribution in [0.2, 0.25) is 5.02 Å². The monoisotopic (exact) mass is 475 g/mol. The highest BCUT2D eigenvalue weighted by atomic mass is 35.5. The molecule has 32 heavy (non-hydrogen) atoms. The van der Waals surface area contributed by atoms with Crippen molar-refractivity contribution in [2.45, 2.75) is 23.9 Å². The maximum atomic E-state index is 13.4. The fraction of sp³-hybridized carbons (Fsp3) is 0.136. The average molecular weight is 476 g/mol. The number of aromatic nitrogens is 2. The van der Waals surface area contributed by atoms with Crippen LogP contribution in [0.1, 0.15) is 12.7 Å². The zero-order chi connectivity index (χ0) is 22.8. The predicted molar refractivity (Wildman–Crippen MR) is 119 cm³/mol. The first-order valence-electron chi connectivity index (χ1n) is 9.47. The van der Waals surface area contributed by atoms with Gasteiger partial charge in [-0.3, -0.25) is 14.2 Å². The van der Waals surface area contributed by atoms with Crippen LogP contribution in [0.5, 0.6) is 0 Å². The van der Waals surface area contributed by atoms with Crippen molar-refractivity contribution in [3.05, 3.63) is 87.6 Å². The molecular formula is C22H16ClF2N3O3S. The summed E-state index contributed by atoms with van der Waals surface area (Å²) in [5, 5.41) is 2.91. The maximum Gasteiger partial charge on any atom is 0.262 e.